The van der Waals surface area contributed by atoms with Crippen molar-refractivity contribution in [3.63, 3.8) is 0 Å². The van der Waals surface area contributed by atoms with E-state index in [1.54, 1.807) is 31.3 Å². The first kappa shape index (κ1) is 20.2. The summed E-state index contributed by atoms with van der Waals surface area (Å²) in [6, 6.07) is 10.5. The van der Waals surface area contributed by atoms with Gasteiger partial charge in [-0.25, -0.2) is 4.39 Å². The van der Waals surface area contributed by atoms with E-state index >= 15 is 0 Å². The van der Waals surface area contributed by atoms with E-state index in [0.29, 0.717) is 48.6 Å². The van der Waals surface area contributed by atoms with Gasteiger partial charge in [0.15, 0.2) is 0 Å². The van der Waals surface area contributed by atoms with Gasteiger partial charge < -0.3 is 10.2 Å². The minimum atomic E-state index is -3.84. The molecule has 0 radical (unpaired) electrons. The van der Waals surface area contributed by atoms with Gasteiger partial charge in [0, 0.05) is 30.9 Å². The molecule has 0 bridgehead atoms. The molecule has 156 valence electrons. The van der Waals surface area contributed by atoms with Gasteiger partial charge >= 0.3 is 0 Å². The van der Waals surface area contributed by atoms with E-state index < -0.39 is 15.8 Å². The fourth-order valence-corrected chi connectivity index (χ4v) is 5.26. The normalized spacial score (nSPS) is 19.0. The van der Waals surface area contributed by atoms with E-state index in [0.717, 1.165) is 0 Å². The van der Waals surface area contributed by atoms with E-state index in [1.165, 1.54) is 24.3 Å². The second kappa shape index (κ2) is 7.98. The van der Waals surface area contributed by atoms with Crippen LogP contribution < -0.4 is 5.32 Å². The molecule has 0 aliphatic carbocycles. The van der Waals surface area contributed by atoms with Crippen molar-refractivity contribution >= 4 is 26.7 Å². The van der Waals surface area contributed by atoms with Crippen molar-refractivity contribution in [2.75, 3.05) is 13.1 Å². The SMILES string of the molecule is CC1=C(c2ccc(F)cc2)S(=O)(=O)N=C1N1CCC(NC(=O)c2ccccn2)CC1. The first-order chi connectivity index (χ1) is 14.3. The fourth-order valence-electron chi connectivity index (χ4n) is 3.78. The number of amidine groups is 1. The standard InChI is InChI=1S/C21H21FN4O3S/c1-14-19(15-5-7-16(22)8-6-15)30(28,29)25-20(14)26-12-9-17(10-13-26)24-21(27)18-4-2-3-11-23-18/h2-8,11,17H,9-10,12-13H2,1H3,(H,24,27). The Morgan fingerprint density at radius 1 is 1.13 bits per heavy atom. The quantitative estimate of drug-likeness (QED) is 0.811. The lowest BCUT2D eigenvalue weighted by atomic mass is 10.0. The largest absolute Gasteiger partial charge is 0.356 e. The summed E-state index contributed by atoms with van der Waals surface area (Å²) in [4.78, 5) is 18.4. The van der Waals surface area contributed by atoms with Gasteiger partial charge in [0.25, 0.3) is 15.9 Å². The number of carbonyl (C=O) groups excluding carboxylic acids is 1. The maximum absolute atomic E-state index is 13.2. The van der Waals surface area contributed by atoms with Gasteiger partial charge in [-0.3, -0.25) is 9.78 Å². The molecule has 1 aromatic carbocycles. The Hall–Kier alpha value is -3.07. The minimum Gasteiger partial charge on any atom is -0.356 e. The first-order valence-electron chi connectivity index (χ1n) is 9.64. The van der Waals surface area contributed by atoms with E-state index in [9.17, 15) is 17.6 Å². The summed E-state index contributed by atoms with van der Waals surface area (Å²) < 4.78 is 42.5. The zero-order valence-corrected chi connectivity index (χ0v) is 17.2. The third kappa shape index (κ3) is 3.97. The first-order valence-corrected chi connectivity index (χ1v) is 11.1. The fraction of sp³-hybridized carbons (Fsp3) is 0.286. The Morgan fingerprint density at radius 3 is 2.47 bits per heavy atom. The van der Waals surface area contributed by atoms with Crippen molar-refractivity contribution in [3.8, 4) is 0 Å². The zero-order chi connectivity index (χ0) is 21.3. The predicted octanol–water partition coefficient (Wildman–Crippen LogP) is 2.59. The second-order valence-electron chi connectivity index (χ2n) is 7.30. The lowest BCUT2D eigenvalue weighted by molar-refractivity contribution is 0.0917. The Bertz CT molecular complexity index is 1120. The highest BCUT2D eigenvalue weighted by atomic mass is 32.2. The van der Waals surface area contributed by atoms with Crippen LogP contribution in [0.5, 0.6) is 0 Å². The van der Waals surface area contributed by atoms with Gasteiger partial charge in [-0.05, 0) is 49.6 Å². The summed E-state index contributed by atoms with van der Waals surface area (Å²) in [6.45, 7) is 2.85. The molecule has 30 heavy (non-hydrogen) atoms. The molecule has 2 aromatic rings. The minimum absolute atomic E-state index is 0.0183. The molecule has 2 aliphatic heterocycles. The molecule has 1 amide bonds. The second-order valence-corrected chi connectivity index (χ2v) is 8.84. The number of amides is 1. The number of rotatable bonds is 3. The molecule has 1 aromatic heterocycles. The van der Waals surface area contributed by atoms with Gasteiger partial charge in [-0.1, -0.05) is 18.2 Å². The Labute approximate surface area is 174 Å². The van der Waals surface area contributed by atoms with Crippen LogP contribution in [0.3, 0.4) is 0 Å². The zero-order valence-electron chi connectivity index (χ0n) is 16.4. The van der Waals surface area contributed by atoms with Crippen molar-refractivity contribution < 1.29 is 17.6 Å². The number of carbonyl (C=O) groups is 1. The van der Waals surface area contributed by atoms with Crippen molar-refractivity contribution in [2.45, 2.75) is 25.8 Å². The third-order valence-corrected chi connectivity index (χ3v) is 6.75. The number of pyridine rings is 1. The lowest BCUT2D eigenvalue weighted by Gasteiger charge is -2.33. The van der Waals surface area contributed by atoms with Crippen molar-refractivity contribution in [3.05, 3.63) is 71.3 Å². The third-order valence-electron chi connectivity index (χ3n) is 5.27. The van der Waals surface area contributed by atoms with Crippen molar-refractivity contribution in [2.24, 2.45) is 4.40 Å². The summed E-state index contributed by atoms with van der Waals surface area (Å²) >= 11 is 0. The monoisotopic (exact) mass is 428 g/mol. The van der Waals surface area contributed by atoms with Gasteiger partial charge in [0.05, 0.1) is 0 Å². The van der Waals surface area contributed by atoms with Crippen LogP contribution in [0.2, 0.25) is 0 Å². The number of benzene rings is 1. The molecule has 4 rings (SSSR count). The Kier molecular flexibility index (Phi) is 5.38. The molecular formula is C21H21FN4O3S. The molecule has 1 fully saturated rings. The highest BCUT2D eigenvalue weighted by molar-refractivity contribution is 8.00. The highest BCUT2D eigenvalue weighted by Gasteiger charge is 2.35. The summed E-state index contributed by atoms with van der Waals surface area (Å²) in [5.41, 5.74) is 1.34. The molecule has 0 saturated carbocycles. The highest BCUT2D eigenvalue weighted by Crippen LogP contribution is 2.34. The van der Waals surface area contributed by atoms with E-state index in [1.807, 2.05) is 4.90 Å². The summed E-state index contributed by atoms with van der Waals surface area (Å²) in [7, 11) is -3.84. The van der Waals surface area contributed by atoms with Crippen LogP contribution in [0.15, 0.2) is 58.6 Å². The lowest BCUT2D eigenvalue weighted by Crippen LogP contribution is -2.46. The van der Waals surface area contributed by atoms with Crippen LogP contribution in [0.1, 0.15) is 35.8 Å². The maximum Gasteiger partial charge on any atom is 0.285 e. The number of nitrogens with one attached hydrogen (secondary N) is 1. The molecular weight excluding hydrogens is 407 g/mol. The van der Waals surface area contributed by atoms with Crippen molar-refractivity contribution in [1.29, 1.82) is 0 Å². The number of sulfonamides is 1. The van der Waals surface area contributed by atoms with Crippen molar-refractivity contribution in [1.82, 2.24) is 15.2 Å². The topological polar surface area (TPSA) is 91.7 Å². The number of nitrogens with zero attached hydrogens (tertiary/aromatic N) is 3. The van der Waals surface area contributed by atoms with Crippen LogP contribution in [-0.2, 0) is 10.0 Å². The molecule has 0 spiro atoms. The molecule has 2 aliphatic rings. The van der Waals surface area contributed by atoms with Gasteiger partial charge in [-0.15, -0.1) is 4.40 Å². The molecule has 1 N–H and O–H groups in total. The van der Waals surface area contributed by atoms with Gasteiger partial charge in [0.2, 0.25) is 0 Å². The number of halogens is 1. The maximum atomic E-state index is 13.2. The Balaban J connectivity index is 1.46. The van der Waals surface area contributed by atoms with E-state index in [4.69, 9.17) is 0 Å². The number of likely N-dealkylation sites (tertiary alicyclic amines) is 1. The molecule has 3 heterocycles. The van der Waals surface area contributed by atoms with Gasteiger partial charge in [0.1, 0.15) is 22.3 Å². The number of hydrogen-bond acceptors (Lipinski definition) is 5. The molecule has 0 unspecified atom stereocenters. The molecule has 7 nitrogen and oxygen atoms in total. The van der Waals surface area contributed by atoms with Crippen LogP contribution in [-0.4, -0.2) is 49.2 Å². The van der Waals surface area contributed by atoms with Crippen LogP contribution in [0.4, 0.5) is 4.39 Å². The molecule has 9 heteroatoms. The average molecular weight is 428 g/mol. The number of hydrogen-bond donors (Lipinski definition) is 1. The summed E-state index contributed by atoms with van der Waals surface area (Å²) in [6.07, 6.45) is 2.90. The predicted molar refractivity (Wildman–Crippen MR) is 112 cm³/mol. The van der Waals surface area contributed by atoms with E-state index in [2.05, 4.69) is 14.7 Å². The summed E-state index contributed by atoms with van der Waals surface area (Å²) in [5.74, 6) is -0.225. The number of aromatic nitrogens is 1. The average Bonchev–Trinajstić information content (AvgIpc) is 2.99. The molecule has 1 saturated heterocycles. The number of piperidine rings is 1. The van der Waals surface area contributed by atoms with Gasteiger partial charge in [-0.2, -0.15) is 8.42 Å². The molecule has 0 atom stereocenters. The van der Waals surface area contributed by atoms with Crippen LogP contribution >= 0.6 is 0 Å². The summed E-state index contributed by atoms with van der Waals surface area (Å²) in [5, 5.41) is 2.98. The smallest absolute Gasteiger partial charge is 0.285 e. The van der Waals surface area contributed by atoms with Crippen LogP contribution in [0, 0.1) is 5.82 Å². The Morgan fingerprint density at radius 2 is 1.83 bits per heavy atom. The van der Waals surface area contributed by atoms with Crippen LogP contribution in [0.25, 0.3) is 4.91 Å². The van der Waals surface area contributed by atoms with E-state index in [-0.39, 0.29) is 16.9 Å².